The van der Waals surface area contributed by atoms with Crippen LogP contribution < -0.4 is 5.73 Å². The van der Waals surface area contributed by atoms with Crippen molar-refractivity contribution in [2.45, 2.75) is 51.0 Å². The minimum atomic E-state index is 0.117. The molecule has 5 nitrogen and oxygen atoms in total. The van der Waals surface area contributed by atoms with Crippen LogP contribution in [0.5, 0.6) is 0 Å². The van der Waals surface area contributed by atoms with Crippen LogP contribution >= 0.6 is 0 Å². The molecule has 0 spiro atoms. The summed E-state index contributed by atoms with van der Waals surface area (Å²) >= 11 is 0. The van der Waals surface area contributed by atoms with Crippen LogP contribution in [0, 0.1) is 11.8 Å². The van der Waals surface area contributed by atoms with E-state index in [0.29, 0.717) is 19.1 Å². The Bertz CT molecular complexity index is 349. The summed E-state index contributed by atoms with van der Waals surface area (Å²) in [6.07, 6.45) is 9.22. The SMILES string of the molecule is NCC(C1=NOCC(CN2CCCCC2)O1)C1CCCC1. The third-order valence-corrected chi connectivity index (χ3v) is 5.15. The van der Waals surface area contributed by atoms with E-state index in [1.165, 1.54) is 58.0 Å². The van der Waals surface area contributed by atoms with E-state index in [0.717, 1.165) is 12.4 Å². The maximum atomic E-state index is 6.16. The van der Waals surface area contributed by atoms with Gasteiger partial charge in [-0.15, -0.1) is 0 Å². The topological polar surface area (TPSA) is 60.1 Å². The Hall–Kier alpha value is -0.810. The zero-order valence-electron chi connectivity index (χ0n) is 13.0. The standard InChI is InChI=1S/C16H29N3O2/c17-10-15(13-6-2-3-7-13)16-18-20-12-14(21-16)11-19-8-4-1-5-9-19/h13-15H,1-12,17H2. The fourth-order valence-corrected chi connectivity index (χ4v) is 3.94. The fraction of sp³-hybridized carbons (Fsp3) is 0.938. The molecule has 120 valence electrons. The molecule has 21 heavy (non-hydrogen) atoms. The quantitative estimate of drug-likeness (QED) is 0.842. The Morgan fingerprint density at radius 2 is 1.90 bits per heavy atom. The minimum Gasteiger partial charge on any atom is -0.470 e. The Kier molecular flexibility index (Phi) is 5.36. The maximum absolute atomic E-state index is 6.16. The van der Waals surface area contributed by atoms with E-state index in [9.17, 15) is 0 Å². The summed E-state index contributed by atoms with van der Waals surface area (Å²) in [5, 5.41) is 4.18. The maximum Gasteiger partial charge on any atom is 0.230 e. The highest BCUT2D eigenvalue weighted by Gasteiger charge is 2.33. The molecule has 1 aliphatic carbocycles. The van der Waals surface area contributed by atoms with Crippen molar-refractivity contribution in [3.8, 4) is 0 Å². The monoisotopic (exact) mass is 295 g/mol. The van der Waals surface area contributed by atoms with Crippen LogP contribution in [0.1, 0.15) is 44.9 Å². The molecule has 0 aromatic rings. The predicted molar refractivity (Wildman–Crippen MR) is 83.1 cm³/mol. The first-order valence-electron chi connectivity index (χ1n) is 8.65. The first-order chi connectivity index (χ1) is 10.4. The van der Waals surface area contributed by atoms with Gasteiger partial charge in [-0.3, -0.25) is 4.90 Å². The van der Waals surface area contributed by atoms with Crippen molar-refractivity contribution >= 4 is 5.90 Å². The number of ether oxygens (including phenoxy) is 1. The van der Waals surface area contributed by atoms with E-state index >= 15 is 0 Å². The van der Waals surface area contributed by atoms with E-state index in [1.807, 2.05) is 0 Å². The highest BCUT2D eigenvalue weighted by molar-refractivity contribution is 5.79. The molecule has 2 unspecified atom stereocenters. The van der Waals surface area contributed by atoms with E-state index < -0.39 is 0 Å². The van der Waals surface area contributed by atoms with Gasteiger partial charge < -0.3 is 15.3 Å². The second-order valence-electron chi connectivity index (χ2n) is 6.71. The molecule has 2 atom stereocenters. The van der Waals surface area contributed by atoms with Gasteiger partial charge >= 0.3 is 0 Å². The van der Waals surface area contributed by atoms with Crippen molar-refractivity contribution in [3.05, 3.63) is 0 Å². The van der Waals surface area contributed by atoms with Gasteiger partial charge in [0, 0.05) is 13.1 Å². The highest BCUT2D eigenvalue weighted by atomic mass is 16.7. The lowest BCUT2D eigenvalue weighted by molar-refractivity contribution is -0.0170. The van der Waals surface area contributed by atoms with Crippen LogP contribution in [0.2, 0.25) is 0 Å². The summed E-state index contributed by atoms with van der Waals surface area (Å²) in [6, 6.07) is 0. The summed E-state index contributed by atoms with van der Waals surface area (Å²) in [5.74, 6) is 1.64. The smallest absolute Gasteiger partial charge is 0.230 e. The van der Waals surface area contributed by atoms with Crippen LogP contribution in [0.25, 0.3) is 0 Å². The first-order valence-corrected chi connectivity index (χ1v) is 8.65. The van der Waals surface area contributed by atoms with Crippen molar-refractivity contribution in [2.75, 3.05) is 32.8 Å². The largest absolute Gasteiger partial charge is 0.470 e. The Morgan fingerprint density at radius 3 is 2.62 bits per heavy atom. The molecule has 3 rings (SSSR count). The van der Waals surface area contributed by atoms with Crippen molar-refractivity contribution in [2.24, 2.45) is 22.7 Å². The van der Waals surface area contributed by atoms with Gasteiger partial charge in [-0.25, -0.2) is 0 Å². The van der Waals surface area contributed by atoms with Crippen LogP contribution in [-0.4, -0.2) is 49.7 Å². The summed E-state index contributed by atoms with van der Waals surface area (Å²) < 4.78 is 6.16. The average molecular weight is 295 g/mol. The van der Waals surface area contributed by atoms with Crippen molar-refractivity contribution in [1.29, 1.82) is 0 Å². The van der Waals surface area contributed by atoms with Gasteiger partial charge in [0.25, 0.3) is 0 Å². The molecule has 0 amide bonds. The van der Waals surface area contributed by atoms with Gasteiger partial charge in [0.1, 0.15) is 6.10 Å². The number of hydrogen-bond donors (Lipinski definition) is 1. The lowest BCUT2D eigenvalue weighted by atomic mass is 9.90. The Labute approximate surface area is 127 Å². The summed E-state index contributed by atoms with van der Waals surface area (Å²) in [4.78, 5) is 7.95. The zero-order valence-corrected chi connectivity index (χ0v) is 13.0. The average Bonchev–Trinajstić information content (AvgIpc) is 3.04. The van der Waals surface area contributed by atoms with Gasteiger partial charge in [-0.05, 0) is 44.7 Å². The molecular formula is C16H29N3O2. The molecule has 3 aliphatic rings. The number of nitrogens with two attached hydrogens (primary N) is 1. The van der Waals surface area contributed by atoms with Gasteiger partial charge in [-0.1, -0.05) is 24.4 Å². The van der Waals surface area contributed by atoms with Crippen LogP contribution in [0.3, 0.4) is 0 Å². The number of hydrogen-bond acceptors (Lipinski definition) is 5. The highest BCUT2D eigenvalue weighted by Crippen LogP contribution is 2.32. The Morgan fingerprint density at radius 1 is 1.14 bits per heavy atom. The molecule has 2 heterocycles. The van der Waals surface area contributed by atoms with Gasteiger partial charge in [-0.2, -0.15) is 0 Å². The molecule has 0 radical (unpaired) electrons. The molecule has 2 fully saturated rings. The number of rotatable bonds is 5. The third kappa shape index (κ3) is 3.89. The third-order valence-electron chi connectivity index (χ3n) is 5.15. The number of piperidine rings is 1. The molecule has 1 saturated heterocycles. The second-order valence-corrected chi connectivity index (χ2v) is 6.71. The molecule has 2 N–H and O–H groups in total. The second kappa shape index (κ2) is 7.45. The Balaban J connectivity index is 1.54. The zero-order chi connectivity index (χ0) is 14.5. The number of nitrogens with zero attached hydrogens (tertiary/aromatic N) is 2. The predicted octanol–water partition coefficient (Wildman–Crippen LogP) is 1.97. The number of oxime groups is 1. The lowest BCUT2D eigenvalue weighted by Crippen LogP contribution is -2.44. The van der Waals surface area contributed by atoms with E-state index in [2.05, 4.69) is 10.1 Å². The molecule has 0 aromatic heterocycles. The number of likely N-dealkylation sites (tertiary alicyclic amines) is 1. The van der Waals surface area contributed by atoms with Gasteiger partial charge in [0.15, 0.2) is 6.61 Å². The molecule has 2 aliphatic heterocycles. The van der Waals surface area contributed by atoms with E-state index in [4.69, 9.17) is 15.3 Å². The minimum absolute atomic E-state index is 0.117. The van der Waals surface area contributed by atoms with Gasteiger partial charge in [0.2, 0.25) is 5.90 Å². The van der Waals surface area contributed by atoms with Crippen LogP contribution in [-0.2, 0) is 9.57 Å². The summed E-state index contributed by atoms with van der Waals surface area (Å²) in [5.41, 5.74) is 5.99. The van der Waals surface area contributed by atoms with E-state index in [-0.39, 0.29) is 12.0 Å². The van der Waals surface area contributed by atoms with Gasteiger partial charge in [0.05, 0.1) is 5.92 Å². The molecule has 5 heteroatoms. The molecular weight excluding hydrogens is 266 g/mol. The van der Waals surface area contributed by atoms with E-state index in [1.54, 1.807) is 0 Å². The van der Waals surface area contributed by atoms with Crippen LogP contribution in [0.15, 0.2) is 5.16 Å². The van der Waals surface area contributed by atoms with Crippen molar-refractivity contribution in [3.63, 3.8) is 0 Å². The van der Waals surface area contributed by atoms with Crippen molar-refractivity contribution < 1.29 is 9.57 Å². The summed E-state index contributed by atoms with van der Waals surface area (Å²) in [7, 11) is 0. The molecule has 1 saturated carbocycles. The van der Waals surface area contributed by atoms with Crippen LogP contribution in [0.4, 0.5) is 0 Å². The normalized spacial score (nSPS) is 29.6. The van der Waals surface area contributed by atoms with Crippen molar-refractivity contribution in [1.82, 2.24) is 4.90 Å². The summed E-state index contributed by atoms with van der Waals surface area (Å²) in [6.45, 7) is 4.52. The lowest BCUT2D eigenvalue weighted by Gasteiger charge is -2.33. The first kappa shape index (κ1) is 15.1. The molecule has 0 aromatic carbocycles. The fourth-order valence-electron chi connectivity index (χ4n) is 3.94. The molecule has 0 bridgehead atoms.